The molecular weight excluding hydrogens is 278 g/mol. The van der Waals surface area contributed by atoms with Gasteiger partial charge in [-0.2, -0.15) is 0 Å². The molecule has 0 amide bonds. The molecule has 0 bridgehead atoms. The molecule has 0 unspecified atom stereocenters. The smallest absolute Gasteiger partial charge is 0.168 e. The topological polar surface area (TPSA) is 64.7 Å². The van der Waals surface area contributed by atoms with Crippen LogP contribution in [0.1, 0.15) is 37.7 Å². The molecule has 3 rings (SSSR count). The van der Waals surface area contributed by atoms with E-state index in [2.05, 4.69) is 0 Å². The quantitative estimate of drug-likeness (QED) is 0.881. The summed E-state index contributed by atoms with van der Waals surface area (Å²) in [4.78, 5) is 0. The first-order chi connectivity index (χ1) is 9.68. The van der Waals surface area contributed by atoms with Gasteiger partial charge in [-0.1, -0.05) is 30.9 Å². The van der Waals surface area contributed by atoms with Gasteiger partial charge >= 0.3 is 0 Å². The van der Waals surface area contributed by atoms with E-state index in [0.29, 0.717) is 36.3 Å². The van der Waals surface area contributed by atoms with Crippen molar-refractivity contribution in [3.63, 3.8) is 0 Å². The van der Waals surface area contributed by atoms with Crippen molar-refractivity contribution in [2.45, 2.75) is 37.5 Å². The molecule has 0 aromatic heterocycles. The summed E-state index contributed by atoms with van der Waals surface area (Å²) in [5.74, 6) is 1.35. The molecule has 0 atom stereocenters. The second-order valence-corrected chi connectivity index (χ2v) is 6.06. The Hall–Kier alpha value is -1.13. The summed E-state index contributed by atoms with van der Waals surface area (Å²) in [5, 5.41) is 10.8. The van der Waals surface area contributed by atoms with Gasteiger partial charge in [-0.3, -0.25) is 0 Å². The summed E-state index contributed by atoms with van der Waals surface area (Å²) in [6, 6.07) is 1.63. The number of rotatable bonds is 2. The number of hydrogen-bond donors (Lipinski definition) is 2. The van der Waals surface area contributed by atoms with Crippen LogP contribution in [-0.4, -0.2) is 24.9 Å². The van der Waals surface area contributed by atoms with E-state index >= 15 is 0 Å². The Bertz CT molecular complexity index is 512. The fraction of sp³-hybridized carbons (Fsp3) is 0.600. The van der Waals surface area contributed by atoms with Gasteiger partial charge in [0, 0.05) is 23.6 Å². The molecule has 0 saturated heterocycles. The maximum atomic E-state index is 10.5. The van der Waals surface area contributed by atoms with Crippen molar-refractivity contribution in [1.29, 1.82) is 0 Å². The average molecular weight is 298 g/mol. The van der Waals surface area contributed by atoms with Gasteiger partial charge in [-0.15, -0.1) is 0 Å². The van der Waals surface area contributed by atoms with Crippen molar-refractivity contribution in [3.05, 3.63) is 16.7 Å². The van der Waals surface area contributed by atoms with Gasteiger partial charge in [0.15, 0.2) is 11.5 Å². The number of benzene rings is 1. The van der Waals surface area contributed by atoms with Crippen molar-refractivity contribution in [1.82, 2.24) is 0 Å². The van der Waals surface area contributed by atoms with Crippen LogP contribution in [0.5, 0.6) is 17.2 Å². The first-order valence-corrected chi connectivity index (χ1v) is 7.57. The van der Waals surface area contributed by atoms with E-state index in [4.69, 9.17) is 26.8 Å². The van der Waals surface area contributed by atoms with Crippen molar-refractivity contribution >= 4 is 11.6 Å². The lowest BCUT2D eigenvalue weighted by molar-refractivity contribution is 0.162. The van der Waals surface area contributed by atoms with Crippen LogP contribution in [0.25, 0.3) is 0 Å². The summed E-state index contributed by atoms with van der Waals surface area (Å²) in [7, 11) is 0. The molecule has 20 heavy (non-hydrogen) atoms. The van der Waals surface area contributed by atoms with Gasteiger partial charge in [0.2, 0.25) is 0 Å². The van der Waals surface area contributed by atoms with E-state index in [9.17, 15) is 5.11 Å². The highest BCUT2D eigenvalue weighted by Gasteiger charge is 2.40. The fourth-order valence-corrected chi connectivity index (χ4v) is 3.62. The number of halogens is 1. The molecule has 1 aromatic carbocycles. The molecule has 1 saturated carbocycles. The van der Waals surface area contributed by atoms with Gasteiger partial charge in [-0.25, -0.2) is 0 Å². The minimum Gasteiger partial charge on any atom is -0.506 e. The molecule has 2 aliphatic rings. The van der Waals surface area contributed by atoms with E-state index in [1.54, 1.807) is 6.07 Å². The number of phenols is 1. The third-order valence-electron chi connectivity index (χ3n) is 4.49. The molecule has 110 valence electrons. The normalized spacial score (nSPS) is 20.7. The van der Waals surface area contributed by atoms with Gasteiger partial charge in [-0.05, 0) is 12.8 Å². The standard InChI is InChI=1S/C15H20ClNO3/c16-10-8-11-14(20-7-6-19-11)12(13(10)18)15(9-17)4-2-1-3-5-15/h8,18H,1-7,9,17H2. The van der Waals surface area contributed by atoms with Crippen molar-refractivity contribution in [2.75, 3.05) is 19.8 Å². The summed E-state index contributed by atoms with van der Waals surface area (Å²) in [6.45, 7) is 1.47. The molecule has 1 aliphatic heterocycles. The largest absolute Gasteiger partial charge is 0.506 e. The zero-order valence-electron chi connectivity index (χ0n) is 11.5. The van der Waals surface area contributed by atoms with Gasteiger partial charge < -0.3 is 20.3 Å². The Morgan fingerprint density at radius 1 is 1.20 bits per heavy atom. The average Bonchev–Trinajstić information content (AvgIpc) is 2.49. The van der Waals surface area contributed by atoms with Crippen LogP contribution in [0.4, 0.5) is 0 Å². The number of nitrogens with two attached hydrogens (primary N) is 1. The second-order valence-electron chi connectivity index (χ2n) is 5.65. The number of aromatic hydroxyl groups is 1. The van der Waals surface area contributed by atoms with Crippen LogP contribution in [0.2, 0.25) is 5.02 Å². The lowest BCUT2D eigenvalue weighted by Crippen LogP contribution is -2.38. The highest BCUT2D eigenvalue weighted by Crippen LogP contribution is 2.53. The SMILES string of the molecule is NCC1(c2c(O)c(Cl)cc3c2OCCO3)CCCCC1. The lowest BCUT2D eigenvalue weighted by Gasteiger charge is -2.39. The van der Waals surface area contributed by atoms with Gasteiger partial charge in [0.05, 0.1) is 5.02 Å². The van der Waals surface area contributed by atoms with E-state index in [1.807, 2.05) is 0 Å². The monoisotopic (exact) mass is 297 g/mol. The first kappa shape index (κ1) is 13.8. The Balaban J connectivity index is 2.17. The number of hydrogen-bond acceptors (Lipinski definition) is 4. The highest BCUT2D eigenvalue weighted by molar-refractivity contribution is 6.32. The van der Waals surface area contributed by atoms with Gasteiger partial charge in [0.25, 0.3) is 0 Å². The zero-order valence-corrected chi connectivity index (χ0v) is 12.2. The molecule has 3 N–H and O–H groups in total. The summed E-state index contributed by atoms with van der Waals surface area (Å²) in [5.41, 5.74) is 6.57. The zero-order chi connectivity index (χ0) is 14.2. The summed E-state index contributed by atoms with van der Waals surface area (Å²) < 4.78 is 11.4. The molecule has 0 radical (unpaired) electrons. The predicted molar refractivity (Wildman–Crippen MR) is 77.9 cm³/mol. The Morgan fingerprint density at radius 2 is 1.90 bits per heavy atom. The molecule has 1 aromatic rings. The third-order valence-corrected chi connectivity index (χ3v) is 4.78. The first-order valence-electron chi connectivity index (χ1n) is 7.19. The molecular formula is C15H20ClNO3. The molecule has 5 heteroatoms. The minimum absolute atomic E-state index is 0.100. The van der Waals surface area contributed by atoms with Crippen LogP contribution in [-0.2, 0) is 5.41 Å². The molecule has 1 heterocycles. The maximum Gasteiger partial charge on any atom is 0.168 e. The van der Waals surface area contributed by atoms with E-state index in [-0.39, 0.29) is 11.2 Å². The fourth-order valence-electron chi connectivity index (χ4n) is 3.42. The molecule has 4 nitrogen and oxygen atoms in total. The molecule has 1 fully saturated rings. The van der Waals surface area contributed by atoms with Crippen LogP contribution in [0.15, 0.2) is 6.07 Å². The summed E-state index contributed by atoms with van der Waals surface area (Å²) in [6.07, 6.45) is 5.33. The Kier molecular flexibility index (Phi) is 3.69. The van der Waals surface area contributed by atoms with Crippen LogP contribution in [0, 0.1) is 0 Å². The third kappa shape index (κ3) is 2.11. The van der Waals surface area contributed by atoms with E-state index in [1.165, 1.54) is 6.42 Å². The number of phenolic OH excluding ortho intramolecular Hbond substituents is 1. The highest BCUT2D eigenvalue weighted by atomic mass is 35.5. The number of ether oxygens (including phenoxy) is 2. The number of fused-ring (bicyclic) bond motifs is 1. The maximum absolute atomic E-state index is 10.5. The van der Waals surface area contributed by atoms with Gasteiger partial charge in [0.1, 0.15) is 19.0 Å². The van der Waals surface area contributed by atoms with Crippen molar-refractivity contribution < 1.29 is 14.6 Å². The van der Waals surface area contributed by atoms with Crippen LogP contribution in [0.3, 0.4) is 0 Å². The summed E-state index contributed by atoms with van der Waals surface area (Å²) >= 11 is 6.16. The van der Waals surface area contributed by atoms with Crippen molar-refractivity contribution in [3.8, 4) is 17.2 Å². The minimum atomic E-state index is -0.252. The Labute approximate surface area is 123 Å². The van der Waals surface area contributed by atoms with E-state index in [0.717, 1.165) is 31.2 Å². The van der Waals surface area contributed by atoms with Crippen molar-refractivity contribution in [2.24, 2.45) is 5.73 Å². The second kappa shape index (κ2) is 5.34. The lowest BCUT2D eigenvalue weighted by atomic mass is 9.68. The van der Waals surface area contributed by atoms with Crippen LogP contribution >= 0.6 is 11.6 Å². The Morgan fingerprint density at radius 3 is 2.60 bits per heavy atom. The predicted octanol–water partition coefficient (Wildman–Crippen LogP) is 2.98. The van der Waals surface area contributed by atoms with Crippen LogP contribution < -0.4 is 15.2 Å². The molecule has 0 spiro atoms. The van der Waals surface area contributed by atoms with E-state index < -0.39 is 0 Å². The molecule has 1 aliphatic carbocycles.